The number of hydrogen-bond donors (Lipinski definition) is 0. The van der Waals surface area contributed by atoms with Crippen LogP contribution in [0.2, 0.25) is 5.02 Å². The second-order valence-electron chi connectivity index (χ2n) is 3.02. The van der Waals surface area contributed by atoms with Crippen molar-refractivity contribution in [2.24, 2.45) is 0 Å². The maximum atomic E-state index is 10.5. The number of nitrogens with zero attached hydrogens (tertiary/aromatic N) is 2. The summed E-state index contributed by atoms with van der Waals surface area (Å²) in [6.45, 7) is 1.84. The molecule has 16 heavy (non-hydrogen) atoms. The third-order valence-electron chi connectivity index (χ3n) is 1.80. The minimum atomic E-state index is 0.558. The second-order valence-corrected chi connectivity index (χ2v) is 5.47. The van der Waals surface area contributed by atoms with Gasteiger partial charge in [-0.25, -0.2) is 4.98 Å². The molecule has 0 fully saturated rings. The fourth-order valence-electron chi connectivity index (χ4n) is 1.09. The van der Waals surface area contributed by atoms with E-state index in [1.807, 2.05) is 13.0 Å². The van der Waals surface area contributed by atoms with Crippen LogP contribution in [-0.2, 0) is 0 Å². The zero-order valence-corrected chi connectivity index (χ0v) is 10.7. The molecule has 6 heteroatoms. The monoisotopic (exact) mass is 270 g/mol. The topological polar surface area (TPSA) is 42.9 Å². The average molecular weight is 271 g/mol. The lowest BCUT2D eigenvalue weighted by Crippen LogP contribution is -1.81. The summed E-state index contributed by atoms with van der Waals surface area (Å²) in [4.78, 5) is 15.7. The molecule has 0 amide bonds. The van der Waals surface area contributed by atoms with Crippen molar-refractivity contribution in [3.8, 4) is 0 Å². The van der Waals surface area contributed by atoms with E-state index in [2.05, 4.69) is 9.36 Å². The third-order valence-corrected chi connectivity index (χ3v) is 4.14. The Kier molecular flexibility index (Phi) is 3.58. The zero-order valence-electron chi connectivity index (χ0n) is 8.31. The maximum Gasteiger partial charge on any atom is 0.174 e. The van der Waals surface area contributed by atoms with Gasteiger partial charge in [0.15, 0.2) is 4.34 Å². The number of benzene rings is 1. The van der Waals surface area contributed by atoms with Crippen molar-refractivity contribution >= 4 is 41.2 Å². The van der Waals surface area contributed by atoms with Crippen molar-refractivity contribution in [2.45, 2.75) is 16.2 Å². The highest BCUT2D eigenvalue weighted by atomic mass is 35.5. The number of halogens is 1. The molecule has 0 N–H and O–H groups in total. The van der Waals surface area contributed by atoms with Gasteiger partial charge in [0.25, 0.3) is 0 Å². The van der Waals surface area contributed by atoms with Crippen LogP contribution in [0.1, 0.15) is 16.2 Å². The quantitative estimate of drug-likeness (QED) is 0.801. The van der Waals surface area contributed by atoms with Crippen LogP contribution in [0.4, 0.5) is 0 Å². The lowest BCUT2D eigenvalue weighted by atomic mass is 10.2. The van der Waals surface area contributed by atoms with Gasteiger partial charge in [-0.1, -0.05) is 29.4 Å². The Morgan fingerprint density at radius 3 is 2.88 bits per heavy atom. The van der Waals surface area contributed by atoms with Gasteiger partial charge in [-0.15, -0.1) is 0 Å². The predicted octanol–water partition coefficient (Wildman–Crippen LogP) is 3.46. The van der Waals surface area contributed by atoms with E-state index >= 15 is 0 Å². The Bertz CT molecular complexity index is 527. The summed E-state index contributed by atoms with van der Waals surface area (Å²) in [6, 6.07) is 5.19. The molecule has 1 aromatic heterocycles. The van der Waals surface area contributed by atoms with Crippen LogP contribution in [0.25, 0.3) is 0 Å². The van der Waals surface area contributed by atoms with Crippen molar-refractivity contribution < 1.29 is 4.79 Å². The average Bonchev–Trinajstić information content (AvgIpc) is 2.67. The molecule has 0 aliphatic heterocycles. The van der Waals surface area contributed by atoms with Crippen LogP contribution in [0.5, 0.6) is 0 Å². The summed E-state index contributed by atoms with van der Waals surface area (Å²) in [5, 5.41) is 0.558. The summed E-state index contributed by atoms with van der Waals surface area (Å²) in [7, 11) is 0. The Labute approximate surface area is 106 Å². The minimum Gasteiger partial charge on any atom is -0.298 e. The molecule has 0 aliphatic carbocycles. The first kappa shape index (κ1) is 11.6. The SMILES string of the molecule is Cc1nsc(Sc2ccc(C=O)cc2Cl)n1. The van der Waals surface area contributed by atoms with Crippen molar-refractivity contribution in [3.05, 3.63) is 34.6 Å². The molecule has 1 heterocycles. The molecule has 82 valence electrons. The Hall–Kier alpha value is -0.910. The van der Waals surface area contributed by atoms with E-state index in [0.717, 1.165) is 21.3 Å². The van der Waals surface area contributed by atoms with E-state index in [-0.39, 0.29) is 0 Å². The first-order chi connectivity index (χ1) is 7.69. The molecule has 0 saturated heterocycles. The van der Waals surface area contributed by atoms with E-state index in [1.165, 1.54) is 23.3 Å². The molecule has 0 bridgehead atoms. The van der Waals surface area contributed by atoms with Gasteiger partial charge in [-0.05, 0) is 30.6 Å². The first-order valence-electron chi connectivity index (χ1n) is 4.42. The van der Waals surface area contributed by atoms with Gasteiger partial charge >= 0.3 is 0 Å². The van der Waals surface area contributed by atoms with E-state index in [4.69, 9.17) is 11.6 Å². The second kappa shape index (κ2) is 4.95. The Morgan fingerprint density at radius 1 is 1.50 bits per heavy atom. The summed E-state index contributed by atoms with van der Waals surface area (Å²) in [5.74, 6) is 0.758. The van der Waals surface area contributed by atoms with Gasteiger partial charge in [0.1, 0.15) is 12.1 Å². The Balaban J connectivity index is 2.25. The van der Waals surface area contributed by atoms with Crippen LogP contribution < -0.4 is 0 Å². The summed E-state index contributed by atoms with van der Waals surface area (Å²) in [5.41, 5.74) is 0.572. The molecule has 0 saturated carbocycles. The van der Waals surface area contributed by atoms with Crippen LogP contribution in [0, 0.1) is 6.92 Å². The number of hydrogen-bond acceptors (Lipinski definition) is 5. The van der Waals surface area contributed by atoms with Gasteiger partial charge in [-0.3, -0.25) is 4.79 Å². The number of carbonyl (C=O) groups is 1. The van der Waals surface area contributed by atoms with E-state index in [0.29, 0.717) is 10.6 Å². The van der Waals surface area contributed by atoms with E-state index in [1.54, 1.807) is 12.1 Å². The summed E-state index contributed by atoms with van der Waals surface area (Å²) >= 11 is 8.83. The minimum absolute atomic E-state index is 0.558. The number of aryl methyl sites for hydroxylation is 1. The van der Waals surface area contributed by atoms with Crippen molar-refractivity contribution in [3.63, 3.8) is 0 Å². The Morgan fingerprint density at radius 2 is 2.31 bits per heavy atom. The number of carbonyl (C=O) groups excluding carboxylic acids is 1. The van der Waals surface area contributed by atoms with Crippen molar-refractivity contribution in [1.29, 1.82) is 0 Å². The van der Waals surface area contributed by atoms with E-state index < -0.39 is 0 Å². The molecule has 0 radical (unpaired) electrons. The smallest absolute Gasteiger partial charge is 0.174 e. The van der Waals surface area contributed by atoms with Crippen molar-refractivity contribution in [2.75, 3.05) is 0 Å². The molecular formula is C10H7ClN2OS2. The largest absolute Gasteiger partial charge is 0.298 e. The first-order valence-corrected chi connectivity index (χ1v) is 6.39. The van der Waals surface area contributed by atoms with Gasteiger partial charge in [-0.2, -0.15) is 4.37 Å². The molecule has 0 unspecified atom stereocenters. The highest BCUT2D eigenvalue weighted by Gasteiger charge is 2.07. The van der Waals surface area contributed by atoms with E-state index in [9.17, 15) is 4.79 Å². The zero-order chi connectivity index (χ0) is 11.5. The molecule has 0 spiro atoms. The molecule has 1 aromatic carbocycles. The lowest BCUT2D eigenvalue weighted by Gasteiger charge is -2.01. The molecule has 3 nitrogen and oxygen atoms in total. The van der Waals surface area contributed by atoms with Crippen LogP contribution in [0.15, 0.2) is 27.4 Å². The van der Waals surface area contributed by atoms with Crippen LogP contribution in [0.3, 0.4) is 0 Å². The standard InChI is InChI=1S/C10H7ClN2OS2/c1-6-12-10(16-13-6)15-9-3-2-7(5-14)4-8(9)11/h2-5H,1H3. The van der Waals surface area contributed by atoms with Gasteiger partial charge < -0.3 is 0 Å². The van der Waals surface area contributed by atoms with Gasteiger partial charge in [0, 0.05) is 10.5 Å². The molecule has 0 aliphatic rings. The highest BCUT2D eigenvalue weighted by Crippen LogP contribution is 2.34. The lowest BCUT2D eigenvalue weighted by molar-refractivity contribution is 0.112. The van der Waals surface area contributed by atoms with Gasteiger partial charge in [0.05, 0.1) is 5.02 Å². The molecular weight excluding hydrogens is 264 g/mol. The fourth-order valence-corrected chi connectivity index (χ4v) is 3.00. The van der Waals surface area contributed by atoms with Crippen LogP contribution in [-0.4, -0.2) is 15.6 Å². The normalized spacial score (nSPS) is 10.4. The summed E-state index contributed by atoms with van der Waals surface area (Å²) < 4.78 is 4.93. The molecule has 2 rings (SSSR count). The highest BCUT2D eigenvalue weighted by molar-refractivity contribution is 8.01. The molecule has 2 aromatic rings. The maximum absolute atomic E-state index is 10.5. The van der Waals surface area contributed by atoms with Crippen molar-refractivity contribution in [1.82, 2.24) is 9.36 Å². The predicted molar refractivity (Wildman–Crippen MR) is 65.6 cm³/mol. The van der Waals surface area contributed by atoms with Crippen LogP contribution >= 0.6 is 34.9 Å². The number of aldehydes is 1. The number of aromatic nitrogens is 2. The molecule has 0 atom stereocenters. The van der Waals surface area contributed by atoms with Gasteiger partial charge in [0.2, 0.25) is 0 Å². The fraction of sp³-hybridized carbons (Fsp3) is 0.100. The number of rotatable bonds is 3. The third kappa shape index (κ3) is 2.61. The summed E-state index contributed by atoms with van der Waals surface area (Å²) in [6.07, 6.45) is 0.773.